The topological polar surface area (TPSA) is 62.1 Å². The van der Waals surface area contributed by atoms with Crippen LogP contribution in [-0.4, -0.2) is 12.5 Å². The second-order valence-electron chi connectivity index (χ2n) is 4.80. The van der Waals surface area contributed by atoms with Gasteiger partial charge in [0.1, 0.15) is 29.8 Å². The van der Waals surface area contributed by atoms with E-state index in [1.807, 2.05) is 6.07 Å². The highest BCUT2D eigenvalue weighted by Gasteiger charge is 2.09. The van der Waals surface area contributed by atoms with Crippen LogP contribution >= 0.6 is 0 Å². The van der Waals surface area contributed by atoms with E-state index in [0.29, 0.717) is 23.6 Å². The van der Waals surface area contributed by atoms with Crippen molar-refractivity contribution in [2.24, 2.45) is 0 Å². The van der Waals surface area contributed by atoms with Gasteiger partial charge in [-0.3, -0.25) is 4.79 Å². The molecule has 5 heteroatoms. The Kier molecular flexibility index (Phi) is 5.87. The lowest BCUT2D eigenvalue weighted by Gasteiger charge is -2.05. The normalized spacial score (nSPS) is 10.6. The van der Waals surface area contributed by atoms with Gasteiger partial charge < -0.3 is 10.1 Å². The van der Waals surface area contributed by atoms with Crippen LogP contribution in [0.2, 0.25) is 0 Å². The molecule has 0 aliphatic heterocycles. The molecule has 0 spiro atoms. The number of nitriles is 1. The molecular weight excluding hydrogens is 307 g/mol. The molecule has 0 aliphatic rings. The van der Waals surface area contributed by atoms with Gasteiger partial charge >= 0.3 is 0 Å². The number of benzene rings is 2. The number of ether oxygens (including phenoxy) is 1. The molecule has 0 aliphatic carbocycles. The molecule has 2 aromatic rings. The molecule has 0 saturated carbocycles. The predicted octanol–water partition coefficient (Wildman–Crippen LogP) is 3.94. The van der Waals surface area contributed by atoms with E-state index < -0.39 is 11.7 Å². The van der Waals surface area contributed by atoms with Crippen molar-refractivity contribution in [2.75, 3.05) is 11.9 Å². The molecule has 4 nitrogen and oxygen atoms in total. The summed E-state index contributed by atoms with van der Waals surface area (Å²) in [6, 6.07) is 14.1. The van der Waals surface area contributed by atoms with Crippen molar-refractivity contribution in [3.05, 3.63) is 78.1 Å². The lowest BCUT2D eigenvalue weighted by molar-refractivity contribution is -0.112. The van der Waals surface area contributed by atoms with Gasteiger partial charge in [-0.25, -0.2) is 4.39 Å². The van der Waals surface area contributed by atoms with Crippen LogP contribution in [0.4, 0.5) is 10.1 Å². The van der Waals surface area contributed by atoms with Crippen molar-refractivity contribution in [3.8, 4) is 11.8 Å². The van der Waals surface area contributed by atoms with E-state index in [1.54, 1.807) is 30.3 Å². The Labute approximate surface area is 139 Å². The number of carbonyl (C=O) groups excluding carboxylic acids is 1. The first-order valence-corrected chi connectivity index (χ1v) is 7.15. The quantitative estimate of drug-likeness (QED) is 0.498. The van der Waals surface area contributed by atoms with Crippen LogP contribution in [0, 0.1) is 17.1 Å². The molecule has 0 unspecified atom stereocenters. The van der Waals surface area contributed by atoms with Gasteiger partial charge in [0.05, 0.1) is 0 Å². The minimum atomic E-state index is -0.559. The van der Waals surface area contributed by atoms with Crippen LogP contribution in [-0.2, 0) is 4.79 Å². The fourth-order valence-corrected chi connectivity index (χ4v) is 1.86. The van der Waals surface area contributed by atoms with E-state index in [1.165, 1.54) is 30.3 Å². The molecule has 2 rings (SSSR count). The highest BCUT2D eigenvalue weighted by atomic mass is 19.1. The molecule has 0 atom stereocenters. The van der Waals surface area contributed by atoms with Gasteiger partial charge in [0.25, 0.3) is 5.91 Å². The van der Waals surface area contributed by atoms with Gasteiger partial charge in [0.15, 0.2) is 0 Å². The molecular formula is C19H15FN2O2. The number of anilines is 1. The molecule has 0 radical (unpaired) electrons. The second-order valence-corrected chi connectivity index (χ2v) is 4.80. The first kappa shape index (κ1) is 17.0. The smallest absolute Gasteiger partial charge is 0.266 e. The number of halogens is 1. The van der Waals surface area contributed by atoms with Crippen LogP contribution in [0.25, 0.3) is 6.08 Å². The van der Waals surface area contributed by atoms with Gasteiger partial charge in [-0.2, -0.15) is 5.26 Å². The van der Waals surface area contributed by atoms with Gasteiger partial charge in [0.2, 0.25) is 0 Å². The van der Waals surface area contributed by atoms with E-state index in [4.69, 9.17) is 4.74 Å². The first-order chi connectivity index (χ1) is 11.6. The summed E-state index contributed by atoms with van der Waals surface area (Å²) in [5.41, 5.74) is 1.04. The van der Waals surface area contributed by atoms with Crippen LogP contribution in [0.3, 0.4) is 0 Å². The van der Waals surface area contributed by atoms with E-state index in [2.05, 4.69) is 11.9 Å². The van der Waals surface area contributed by atoms with Crippen LogP contribution in [0.5, 0.6) is 5.75 Å². The number of carbonyl (C=O) groups is 1. The summed E-state index contributed by atoms with van der Waals surface area (Å²) in [6.07, 6.45) is 3.11. The number of hydrogen-bond acceptors (Lipinski definition) is 3. The number of nitrogens with zero attached hydrogens (tertiary/aromatic N) is 1. The van der Waals surface area contributed by atoms with Crippen LogP contribution in [0.1, 0.15) is 5.56 Å². The largest absolute Gasteiger partial charge is 0.490 e. The Morgan fingerprint density at radius 2 is 1.88 bits per heavy atom. The summed E-state index contributed by atoms with van der Waals surface area (Å²) in [5.74, 6) is -0.291. The van der Waals surface area contributed by atoms with Gasteiger partial charge in [-0.15, -0.1) is 0 Å². The lowest BCUT2D eigenvalue weighted by Crippen LogP contribution is -2.13. The highest BCUT2D eigenvalue weighted by molar-refractivity contribution is 6.09. The molecule has 120 valence electrons. The van der Waals surface area contributed by atoms with Crippen molar-refractivity contribution in [1.29, 1.82) is 5.26 Å². The van der Waals surface area contributed by atoms with Gasteiger partial charge in [-0.05, 0) is 48.0 Å². The summed E-state index contributed by atoms with van der Waals surface area (Å²) >= 11 is 0. The monoisotopic (exact) mass is 322 g/mol. The number of nitrogens with one attached hydrogen (secondary N) is 1. The second kappa shape index (κ2) is 8.30. The van der Waals surface area contributed by atoms with Gasteiger partial charge in [-0.1, -0.05) is 24.8 Å². The predicted molar refractivity (Wildman–Crippen MR) is 90.8 cm³/mol. The molecule has 0 bridgehead atoms. The number of hydrogen-bond donors (Lipinski definition) is 1. The number of rotatable bonds is 6. The SMILES string of the molecule is C=CCOc1ccc(/C=C(\C#N)C(=O)Nc2ccc(F)cc2)cc1. The van der Waals surface area contributed by atoms with Crippen molar-refractivity contribution >= 4 is 17.7 Å². The molecule has 0 heterocycles. The molecule has 0 saturated heterocycles. The zero-order valence-corrected chi connectivity index (χ0v) is 12.8. The first-order valence-electron chi connectivity index (χ1n) is 7.15. The zero-order valence-electron chi connectivity index (χ0n) is 12.8. The molecule has 0 fully saturated rings. The summed E-state index contributed by atoms with van der Waals surface area (Å²) in [6.45, 7) is 3.97. The van der Waals surface area contributed by atoms with Crippen molar-refractivity contribution < 1.29 is 13.9 Å². The zero-order chi connectivity index (χ0) is 17.4. The average molecular weight is 322 g/mol. The standard InChI is InChI=1S/C19H15FN2O2/c1-2-11-24-18-9-3-14(4-10-18)12-15(13-21)19(23)22-17-7-5-16(20)6-8-17/h2-10,12H,1,11H2,(H,22,23)/b15-12+. The minimum Gasteiger partial charge on any atom is -0.490 e. The Morgan fingerprint density at radius 1 is 1.21 bits per heavy atom. The third kappa shape index (κ3) is 4.82. The molecule has 24 heavy (non-hydrogen) atoms. The highest BCUT2D eigenvalue weighted by Crippen LogP contribution is 2.16. The average Bonchev–Trinajstić information content (AvgIpc) is 2.60. The Balaban J connectivity index is 2.10. The van der Waals surface area contributed by atoms with Crippen LogP contribution < -0.4 is 10.1 Å². The van der Waals surface area contributed by atoms with E-state index in [9.17, 15) is 14.4 Å². The summed E-state index contributed by atoms with van der Waals surface area (Å²) < 4.78 is 18.2. The van der Waals surface area contributed by atoms with E-state index >= 15 is 0 Å². The molecule has 2 aromatic carbocycles. The summed E-state index contributed by atoms with van der Waals surface area (Å²) in [4.78, 5) is 12.1. The fourth-order valence-electron chi connectivity index (χ4n) is 1.86. The molecule has 1 N–H and O–H groups in total. The van der Waals surface area contributed by atoms with E-state index in [-0.39, 0.29) is 5.57 Å². The number of amides is 1. The third-order valence-corrected chi connectivity index (χ3v) is 3.03. The maximum absolute atomic E-state index is 12.9. The summed E-state index contributed by atoms with van der Waals surface area (Å²) in [7, 11) is 0. The van der Waals surface area contributed by atoms with Crippen molar-refractivity contribution in [1.82, 2.24) is 0 Å². The van der Waals surface area contributed by atoms with E-state index in [0.717, 1.165) is 0 Å². The lowest BCUT2D eigenvalue weighted by atomic mass is 10.1. The maximum Gasteiger partial charge on any atom is 0.266 e. The Hall–Kier alpha value is -3.39. The third-order valence-electron chi connectivity index (χ3n) is 3.03. The summed E-state index contributed by atoms with van der Waals surface area (Å²) in [5, 5.41) is 11.7. The minimum absolute atomic E-state index is 0.0564. The maximum atomic E-state index is 12.9. The Morgan fingerprint density at radius 3 is 2.46 bits per heavy atom. The van der Waals surface area contributed by atoms with Crippen LogP contribution in [0.15, 0.2) is 66.8 Å². The Bertz CT molecular complexity index is 788. The van der Waals surface area contributed by atoms with Crippen molar-refractivity contribution in [2.45, 2.75) is 0 Å². The fraction of sp³-hybridized carbons (Fsp3) is 0.0526. The molecule has 1 amide bonds. The van der Waals surface area contributed by atoms with Crippen molar-refractivity contribution in [3.63, 3.8) is 0 Å². The molecule has 0 aromatic heterocycles. The van der Waals surface area contributed by atoms with Gasteiger partial charge in [0, 0.05) is 5.69 Å².